The van der Waals surface area contributed by atoms with E-state index >= 15 is 0 Å². The molecule has 3 atom stereocenters. The van der Waals surface area contributed by atoms with Crippen LogP contribution in [-0.2, 0) is 4.74 Å². The normalized spacial score (nSPS) is 27.7. The van der Waals surface area contributed by atoms with Crippen LogP contribution >= 0.6 is 0 Å². The van der Waals surface area contributed by atoms with Crippen molar-refractivity contribution in [2.45, 2.75) is 65.6 Å². The minimum atomic E-state index is 0.344. The third-order valence-corrected chi connectivity index (χ3v) is 4.16. The SMILES string of the molecule is CCC1CN(CCOC(C)C)C(C(C)CC)CN1. The van der Waals surface area contributed by atoms with E-state index in [1.54, 1.807) is 0 Å². The number of piperazine rings is 1. The summed E-state index contributed by atoms with van der Waals surface area (Å²) in [5.74, 6) is 0.759. The van der Waals surface area contributed by atoms with Gasteiger partial charge in [0.1, 0.15) is 0 Å². The Morgan fingerprint density at radius 2 is 2.00 bits per heavy atom. The maximum absolute atomic E-state index is 5.71. The first kappa shape index (κ1) is 15.9. The number of ether oxygens (including phenoxy) is 1. The summed E-state index contributed by atoms with van der Waals surface area (Å²) >= 11 is 0. The summed E-state index contributed by atoms with van der Waals surface area (Å²) in [4.78, 5) is 2.64. The average Bonchev–Trinajstić information content (AvgIpc) is 2.37. The first-order valence-electron chi connectivity index (χ1n) is 7.67. The van der Waals surface area contributed by atoms with Crippen molar-refractivity contribution in [3.63, 3.8) is 0 Å². The van der Waals surface area contributed by atoms with Gasteiger partial charge in [-0.1, -0.05) is 27.2 Å². The molecule has 0 aliphatic carbocycles. The topological polar surface area (TPSA) is 24.5 Å². The van der Waals surface area contributed by atoms with Gasteiger partial charge in [-0.15, -0.1) is 0 Å². The number of hydrogen-bond donors (Lipinski definition) is 1. The van der Waals surface area contributed by atoms with Crippen molar-refractivity contribution >= 4 is 0 Å². The zero-order valence-corrected chi connectivity index (χ0v) is 12.9. The minimum absolute atomic E-state index is 0.344. The second kappa shape index (κ2) is 8.13. The van der Waals surface area contributed by atoms with Crippen LogP contribution in [0.5, 0.6) is 0 Å². The van der Waals surface area contributed by atoms with Crippen LogP contribution in [-0.4, -0.2) is 49.3 Å². The molecule has 0 bridgehead atoms. The summed E-state index contributed by atoms with van der Waals surface area (Å²) in [6.45, 7) is 15.4. The molecule has 0 amide bonds. The molecule has 0 spiro atoms. The molecule has 108 valence electrons. The van der Waals surface area contributed by atoms with E-state index in [-0.39, 0.29) is 0 Å². The molecule has 1 N–H and O–H groups in total. The molecule has 1 rings (SSSR count). The average molecular weight is 256 g/mol. The Morgan fingerprint density at radius 3 is 2.56 bits per heavy atom. The molecule has 1 aliphatic rings. The van der Waals surface area contributed by atoms with Crippen molar-refractivity contribution in [2.75, 3.05) is 26.2 Å². The highest BCUT2D eigenvalue weighted by Crippen LogP contribution is 2.18. The molecule has 3 heteroatoms. The Bertz CT molecular complexity index is 221. The van der Waals surface area contributed by atoms with Gasteiger partial charge in [0.05, 0.1) is 12.7 Å². The van der Waals surface area contributed by atoms with Crippen molar-refractivity contribution in [1.82, 2.24) is 10.2 Å². The zero-order valence-electron chi connectivity index (χ0n) is 12.9. The number of nitrogens with one attached hydrogen (secondary N) is 1. The fourth-order valence-corrected chi connectivity index (χ4v) is 2.67. The molecular formula is C15H32N2O. The lowest BCUT2D eigenvalue weighted by Crippen LogP contribution is -2.58. The second-order valence-electron chi connectivity index (χ2n) is 5.88. The van der Waals surface area contributed by atoms with Gasteiger partial charge >= 0.3 is 0 Å². The summed E-state index contributed by atoms with van der Waals surface area (Å²) in [5.41, 5.74) is 0. The predicted molar refractivity (Wildman–Crippen MR) is 78.0 cm³/mol. The Balaban J connectivity index is 2.48. The lowest BCUT2D eigenvalue weighted by molar-refractivity contribution is 0.0245. The summed E-state index contributed by atoms with van der Waals surface area (Å²) in [7, 11) is 0. The standard InChI is InChI=1S/C15H32N2O/c1-6-13(5)15-10-16-14(7-2)11-17(15)8-9-18-12(3)4/h12-16H,6-11H2,1-5H3. The molecule has 0 aromatic carbocycles. The van der Waals surface area contributed by atoms with Crippen LogP contribution in [0.25, 0.3) is 0 Å². The summed E-state index contributed by atoms with van der Waals surface area (Å²) < 4.78 is 5.71. The predicted octanol–water partition coefficient (Wildman–Crippen LogP) is 2.51. The largest absolute Gasteiger partial charge is 0.377 e. The van der Waals surface area contributed by atoms with E-state index in [2.05, 4.69) is 44.8 Å². The lowest BCUT2D eigenvalue weighted by atomic mass is 9.94. The lowest BCUT2D eigenvalue weighted by Gasteiger charge is -2.43. The third kappa shape index (κ3) is 4.87. The highest BCUT2D eigenvalue weighted by molar-refractivity contribution is 4.87. The fraction of sp³-hybridized carbons (Fsp3) is 1.00. The Morgan fingerprint density at radius 1 is 1.28 bits per heavy atom. The molecule has 1 heterocycles. The molecule has 18 heavy (non-hydrogen) atoms. The van der Waals surface area contributed by atoms with Gasteiger partial charge < -0.3 is 10.1 Å². The van der Waals surface area contributed by atoms with Crippen LogP contribution < -0.4 is 5.32 Å². The van der Waals surface area contributed by atoms with Crippen LogP contribution in [0.15, 0.2) is 0 Å². The van der Waals surface area contributed by atoms with E-state index in [1.807, 2.05) is 0 Å². The quantitative estimate of drug-likeness (QED) is 0.757. The van der Waals surface area contributed by atoms with Crippen molar-refractivity contribution in [1.29, 1.82) is 0 Å². The van der Waals surface area contributed by atoms with E-state index in [4.69, 9.17) is 4.74 Å². The van der Waals surface area contributed by atoms with Gasteiger partial charge in [0.2, 0.25) is 0 Å². The monoisotopic (exact) mass is 256 g/mol. The number of rotatable bonds is 7. The van der Waals surface area contributed by atoms with Crippen LogP contribution in [0.3, 0.4) is 0 Å². The van der Waals surface area contributed by atoms with Gasteiger partial charge in [-0.25, -0.2) is 0 Å². The Hall–Kier alpha value is -0.120. The van der Waals surface area contributed by atoms with Gasteiger partial charge in [-0.2, -0.15) is 0 Å². The molecule has 1 aliphatic heterocycles. The van der Waals surface area contributed by atoms with Gasteiger partial charge in [-0.3, -0.25) is 4.90 Å². The molecule has 1 fully saturated rings. The van der Waals surface area contributed by atoms with Gasteiger partial charge in [-0.05, 0) is 26.2 Å². The van der Waals surface area contributed by atoms with Crippen molar-refractivity contribution < 1.29 is 4.74 Å². The maximum atomic E-state index is 5.71. The second-order valence-corrected chi connectivity index (χ2v) is 5.88. The smallest absolute Gasteiger partial charge is 0.0597 e. The van der Waals surface area contributed by atoms with E-state index in [1.165, 1.54) is 19.4 Å². The van der Waals surface area contributed by atoms with Crippen LogP contribution in [0.4, 0.5) is 0 Å². The minimum Gasteiger partial charge on any atom is -0.377 e. The summed E-state index contributed by atoms with van der Waals surface area (Å²) in [6.07, 6.45) is 2.82. The molecule has 1 saturated heterocycles. The number of nitrogens with zero attached hydrogens (tertiary/aromatic N) is 1. The third-order valence-electron chi connectivity index (χ3n) is 4.16. The highest BCUT2D eigenvalue weighted by Gasteiger charge is 2.29. The van der Waals surface area contributed by atoms with Gasteiger partial charge in [0.15, 0.2) is 0 Å². The van der Waals surface area contributed by atoms with Crippen molar-refractivity contribution in [2.24, 2.45) is 5.92 Å². The molecule has 0 aromatic heterocycles. The molecule has 0 aromatic rings. The van der Waals surface area contributed by atoms with Gasteiger partial charge in [0.25, 0.3) is 0 Å². The number of hydrogen-bond acceptors (Lipinski definition) is 3. The first-order chi connectivity index (χ1) is 8.58. The molecule has 3 nitrogen and oxygen atoms in total. The molecular weight excluding hydrogens is 224 g/mol. The summed E-state index contributed by atoms with van der Waals surface area (Å²) in [6, 6.07) is 1.33. The summed E-state index contributed by atoms with van der Waals surface area (Å²) in [5, 5.41) is 3.68. The van der Waals surface area contributed by atoms with Gasteiger partial charge in [0, 0.05) is 31.7 Å². The van der Waals surface area contributed by atoms with E-state index < -0.39 is 0 Å². The van der Waals surface area contributed by atoms with E-state index in [0.29, 0.717) is 18.2 Å². The van der Waals surface area contributed by atoms with E-state index in [9.17, 15) is 0 Å². The maximum Gasteiger partial charge on any atom is 0.0597 e. The van der Waals surface area contributed by atoms with E-state index in [0.717, 1.165) is 25.6 Å². The zero-order chi connectivity index (χ0) is 13.5. The molecule has 3 unspecified atom stereocenters. The van der Waals surface area contributed by atoms with Crippen LogP contribution in [0.2, 0.25) is 0 Å². The molecule has 0 radical (unpaired) electrons. The van der Waals surface area contributed by atoms with Crippen molar-refractivity contribution in [3.05, 3.63) is 0 Å². The first-order valence-corrected chi connectivity index (χ1v) is 7.67. The molecule has 0 saturated carbocycles. The van der Waals surface area contributed by atoms with Crippen LogP contribution in [0.1, 0.15) is 47.5 Å². The highest BCUT2D eigenvalue weighted by atomic mass is 16.5. The fourth-order valence-electron chi connectivity index (χ4n) is 2.67. The Kier molecular flexibility index (Phi) is 7.20. The van der Waals surface area contributed by atoms with Crippen molar-refractivity contribution in [3.8, 4) is 0 Å². The van der Waals surface area contributed by atoms with Crippen LogP contribution in [0, 0.1) is 5.92 Å². The Labute approximate surface area is 113 Å².